The summed E-state index contributed by atoms with van der Waals surface area (Å²) in [4.78, 5) is 12.6. The van der Waals surface area contributed by atoms with Gasteiger partial charge in [0.25, 0.3) is 5.91 Å². The van der Waals surface area contributed by atoms with Gasteiger partial charge in [0.05, 0.1) is 10.9 Å². The van der Waals surface area contributed by atoms with Gasteiger partial charge in [0, 0.05) is 22.5 Å². The van der Waals surface area contributed by atoms with Crippen LogP contribution in [0.4, 0.5) is 0 Å². The highest BCUT2D eigenvalue weighted by atomic mass is 32.1. The third-order valence-electron chi connectivity index (χ3n) is 2.48. The maximum absolute atomic E-state index is 11.8. The Hall–Kier alpha value is -0.910. The van der Waals surface area contributed by atoms with Crippen molar-refractivity contribution in [2.24, 2.45) is 0 Å². The van der Waals surface area contributed by atoms with E-state index in [4.69, 9.17) is 0 Å². The summed E-state index contributed by atoms with van der Waals surface area (Å²) in [7, 11) is 0. The molecule has 1 aliphatic heterocycles. The van der Waals surface area contributed by atoms with Crippen LogP contribution in [0.3, 0.4) is 0 Å². The summed E-state index contributed by atoms with van der Waals surface area (Å²) in [5.74, 6) is 0.0647. The highest BCUT2D eigenvalue weighted by molar-refractivity contribution is 7.27. The van der Waals surface area contributed by atoms with E-state index >= 15 is 0 Å². The molecular weight excluding hydrogens is 228 g/mol. The monoisotopic (exact) mass is 238 g/mol. The molecule has 1 fully saturated rings. The minimum Gasteiger partial charge on any atom is -0.346 e. The maximum atomic E-state index is 11.8. The van der Waals surface area contributed by atoms with E-state index in [1.165, 1.54) is 9.40 Å². The van der Waals surface area contributed by atoms with Crippen molar-refractivity contribution in [3.05, 3.63) is 22.4 Å². The number of rotatable bonds is 2. The average molecular weight is 238 g/mol. The van der Waals surface area contributed by atoms with Crippen molar-refractivity contribution in [1.29, 1.82) is 0 Å². The van der Waals surface area contributed by atoms with Gasteiger partial charge in [-0.1, -0.05) is 0 Å². The first-order valence-corrected chi connectivity index (χ1v) is 6.51. The Morgan fingerprint density at radius 2 is 2.33 bits per heavy atom. The van der Waals surface area contributed by atoms with Crippen LogP contribution in [0, 0.1) is 0 Å². The third-order valence-corrected chi connectivity index (χ3v) is 4.57. The Kier molecular flexibility index (Phi) is 2.23. The van der Waals surface area contributed by atoms with Gasteiger partial charge in [0.15, 0.2) is 0 Å². The van der Waals surface area contributed by atoms with Crippen molar-refractivity contribution in [3.8, 4) is 0 Å². The molecule has 0 atom stereocenters. The minimum absolute atomic E-state index is 0.0647. The van der Waals surface area contributed by atoms with Gasteiger partial charge in [-0.2, -0.15) is 0 Å². The predicted octanol–water partition coefficient (Wildman–Crippen LogP) is 1.66. The van der Waals surface area contributed by atoms with Crippen LogP contribution < -0.4 is 10.6 Å². The van der Waals surface area contributed by atoms with Crippen molar-refractivity contribution in [1.82, 2.24) is 10.6 Å². The summed E-state index contributed by atoms with van der Waals surface area (Å²) in [5, 5.41) is 8.18. The number of nitrogens with one attached hydrogen (secondary N) is 2. The molecule has 0 aliphatic carbocycles. The Morgan fingerprint density at radius 3 is 3.00 bits per heavy atom. The standard InChI is InChI=1S/C10H10N2OS2/c13-10(12-6-4-11-5-6)9-3-8-7(15-9)1-2-14-8/h1-3,6,11H,4-5H2,(H,12,13). The van der Waals surface area contributed by atoms with Crippen LogP contribution in [-0.4, -0.2) is 25.0 Å². The van der Waals surface area contributed by atoms with E-state index in [1.807, 2.05) is 6.07 Å². The van der Waals surface area contributed by atoms with E-state index < -0.39 is 0 Å². The fourth-order valence-corrected chi connectivity index (χ4v) is 3.54. The minimum atomic E-state index is 0.0647. The molecule has 0 saturated carbocycles. The van der Waals surface area contributed by atoms with Crippen LogP contribution in [-0.2, 0) is 0 Å². The van der Waals surface area contributed by atoms with Crippen molar-refractivity contribution in [2.45, 2.75) is 6.04 Å². The highest BCUT2D eigenvalue weighted by Gasteiger charge is 2.20. The van der Waals surface area contributed by atoms with Gasteiger partial charge < -0.3 is 10.6 Å². The quantitative estimate of drug-likeness (QED) is 0.835. The maximum Gasteiger partial charge on any atom is 0.261 e. The van der Waals surface area contributed by atoms with Crippen LogP contribution in [0.15, 0.2) is 17.5 Å². The van der Waals surface area contributed by atoms with E-state index in [9.17, 15) is 4.79 Å². The topological polar surface area (TPSA) is 41.1 Å². The molecule has 0 aromatic carbocycles. The van der Waals surface area contributed by atoms with E-state index in [0.29, 0.717) is 6.04 Å². The summed E-state index contributed by atoms with van der Waals surface area (Å²) in [6.45, 7) is 1.79. The summed E-state index contributed by atoms with van der Waals surface area (Å²) in [6, 6.07) is 4.36. The van der Waals surface area contributed by atoms with Crippen molar-refractivity contribution < 1.29 is 4.79 Å². The van der Waals surface area contributed by atoms with Crippen LogP contribution in [0.25, 0.3) is 9.40 Å². The summed E-state index contributed by atoms with van der Waals surface area (Å²) in [5.41, 5.74) is 0. The van der Waals surface area contributed by atoms with Crippen LogP contribution in [0.5, 0.6) is 0 Å². The number of fused-ring (bicyclic) bond motifs is 1. The molecule has 0 radical (unpaired) electrons. The van der Waals surface area contributed by atoms with Gasteiger partial charge in [-0.3, -0.25) is 4.79 Å². The molecule has 2 aromatic rings. The number of hydrogen-bond acceptors (Lipinski definition) is 4. The van der Waals surface area contributed by atoms with Crippen molar-refractivity contribution in [2.75, 3.05) is 13.1 Å². The van der Waals surface area contributed by atoms with E-state index in [-0.39, 0.29) is 5.91 Å². The first-order chi connectivity index (χ1) is 7.33. The molecule has 5 heteroatoms. The second-order valence-electron chi connectivity index (χ2n) is 3.59. The van der Waals surface area contributed by atoms with Crippen LogP contribution in [0.2, 0.25) is 0 Å². The molecule has 3 nitrogen and oxygen atoms in total. The molecule has 0 bridgehead atoms. The lowest BCUT2D eigenvalue weighted by Crippen LogP contribution is -2.56. The zero-order valence-electron chi connectivity index (χ0n) is 7.95. The van der Waals surface area contributed by atoms with Crippen LogP contribution >= 0.6 is 22.7 Å². The van der Waals surface area contributed by atoms with Gasteiger partial charge in [-0.05, 0) is 17.5 Å². The lowest BCUT2D eigenvalue weighted by molar-refractivity contribution is 0.0928. The van der Waals surface area contributed by atoms with Gasteiger partial charge in [-0.15, -0.1) is 22.7 Å². The Bertz CT molecular complexity index is 470. The molecule has 15 heavy (non-hydrogen) atoms. The fourth-order valence-electron chi connectivity index (χ4n) is 1.52. The SMILES string of the molecule is O=C(NC1CNC1)c1cc2sccc2s1. The van der Waals surface area contributed by atoms with E-state index in [1.54, 1.807) is 22.7 Å². The third kappa shape index (κ3) is 1.67. The first-order valence-electron chi connectivity index (χ1n) is 4.81. The lowest BCUT2D eigenvalue weighted by Gasteiger charge is -2.27. The van der Waals surface area contributed by atoms with Crippen LogP contribution in [0.1, 0.15) is 9.67 Å². The number of carbonyl (C=O) groups excluding carboxylic acids is 1. The fraction of sp³-hybridized carbons (Fsp3) is 0.300. The molecule has 2 N–H and O–H groups in total. The summed E-state index contributed by atoms with van der Waals surface area (Å²) in [6.07, 6.45) is 0. The lowest BCUT2D eigenvalue weighted by atomic mass is 10.2. The second-order valence-corrected chi connectivity index (χ2v) is 5.62. The zero-order chi connectivity index (χ0) is 10.3. The highest BCUT2D eigenvalue weighted by Crippen LogP contribution is 2.29. The van der Waals surface area contributed by atoms with E-state index in [2.05, 4.69) is 22.1 Å². The normalized spacial score (nSPS) is 16.5. The van der Waals surface area contributed by atoms with Gasteiger partial charge in [-0.25, -0.2) is 0 Å². The number of carbonyl (C=O) groups is 1. The van der Waals surface area contributed by atoms with Crippen molar-refractivity contribution in [3.63, 3.8) is 0 Å². The second kappa shape index (κ2) is 3.59. The average Bonchev–Trinajstić information content (AvgIpc) is 2.69. The summed E-state index contributed by atoms with van der Waals surface area (Å²) >= 11 is 3.25. The van der Waals surface area contributed by atoms with E-state index in [0.717, 1.165) is 18.0 Å². The number of hydrogen-bond donors (Lipinski definition) is 2. The first kappa shape index (κ1) is 9.33. The van der Waals surface area contributed by atoms with Gasteiger partial charge in [0.2, 0.25) is 0 Å². The Balaban J connectivity index is 1.80. The molecule has 1 aliphatic rings. The summed E-state index contributed by atoms with van der Waals surface area (Å²) < 4.78 is 2.41. The molecular formula is C10H10N2OS2. The molecule has 3 rings (SSSR count). The number of amides is 1. The number of thiophene rings is 2. The molecule has 1 saturated heterocycles. The predicted molar refractivity (Wildman–Crippen MR) is 63.8 cm³/mol. The van der Waals surface area contributed by atoms with Crippen molar-refractivity contribution >= 4 is 38.0 Å². The zero-order valence-corrected chi connectivity index (χ0v) is 9.58. The molecule has 2 aromatic heterocycles. The van der Waals surface area contributed by atoms with Gasteiger partial charge >= 0.3 is 0 Å². The Morgan fingerprint density at radius 1 is 1.47 bits per heavy atom. The molecule has 3 heterocycles. The molecule has 78 valence electrons. The molecule has 0 spiro atoms. The Labute approximate surface area is 95.1 Å². The molecule has 0 unspecified atom stereocenters. The largest absolute Gasteiger partial charge is 0.346 e. The smallest absolute Gasteiger partial charge is 0.261 e. The molecule has 1 amide bonds. The van der Waals surface area contributed by atoms with Gasteiger partial charge in [0.1, 0.15) is 0 Å².